The maximum absolute atomic E-state index is 12.3. The van der Waals surface area contributed by atoms with Gasteiger partial charge in [-0.2, -0.15) is 13.7 Å². The molecular formula is C17H28N2O6S2. The first-order valence-electron chi connectivity index (χ1n) is 9.07. The third-order valence-corrected chi connectivity index (χ3v) is 6.55. The highest BCUT2D eigenvalue weighted by atomic mass is 32.2. The molecule has 1 aliphatic heterocycles. The second-order valence-electron chi connectivity index (χ2n) is 6.36. The Kier molecular flexibility index (Phi) is 9.83. The Morgan fingerprint density at radius 3 is 2.48 bits per heavy atom. The van der Waals surface area contributed by atoms with Gasteiger partial charge in [-0.15, -0.1) is 0 Å². The number of allylic oxidation sites excluding steroid dienone is 3. The van der Waals surface area contributed by atoms with Crippen LogP contribution in [-0.2, 0) is 24.7 Å². The molecule has 0 saturated carbocycles. The van der Waals surface area contributed by atoms with Crippen LogP contribution in [0.25, 0.3) is 0 Å². The summed E-state index contributed by atoms with van der Waals surface area (Å²) in [6.07, 6.45) is 8.19. The summed E-state index contributed by atoms with van der Waals surface area (Å²) in [5.74, 6) is -0.255. The van der Waals surface area contributed by atoms with Crippen molar-refractivity contribution in [3.05, 3.63) is 22.9 Å². The van der Waals surface area contributed by atoms with Crippen LogP contribution in [0.4, 0.5) is 0 Å². The fourth-order valence-electron chi connectivity index (χ4n) is 2.60. The average molecular weight is 421 g/mol. The number of rotatable bonds is 12. The van der Waals surface area contributed by atoms with Crippen molar-refractivity contribution in [3.63, 3.8) is 0 Å². The molecule has 1 rings (SSSR count). The van der Waals surface area contributed by atoms with Crippen LogP contribution in [-0.4, -0.2) is 57.5 Å². The van der Waals surface area contributed by atoms with Crippen molar-refractivity contribution in [3.8, 4) is 6.07 Å². The summed E-state index contributed by atoms with van der Waals surface area (Å²) in [5.41, 5.74) is 0. The van der Waals surface area contributed by atoms with Gasteiger partial charge in [-0.25, -0.2) is 8.42 Å². The molecule has 0 aliphatic carbocycles. The molecule has 1 fully saturated rings. The van der Waals surface area contributed by atoms with Gasteiger partial charge in [0.25, 0.3) is 10.1 Å². The molecule has 154 valence electrons. The van der Waals surface area contributed by atoms with E-state index < -0.39 is 25.7 Å². The minimum absolute atomic E-state index is 0.0188. The number of ether oxygens (including phenoxy) is 1. The first-order chi connectivity index (χ1) is 12.7. The molecule has 0 unspecified atom stereocenters. The lowest BCUT2D eigenvalue weighted by atomic mass is 10.1. The third kappa shape index (κ3) is 9.26. The molecule has 0 radical (unpaired) electrons. The summed E-state index contributed by atoms with van der Waals surface area (Å²) in [4.78, 5) is 1.23. The highest BCUT2D eigenvalue weighted by molar-refractivity contribution is 7.95. The molecule has 1 N–H and O–H groups in total. The van der Waals surface area contributed by atoms with Crippen LogP contribution in [0.5, 0.6) is 0 Å². The maximum Gasteiger partial charge on any atom is 0.266 e. The van der Waals surface area contributed by atoms with Crippen LogP contribution < -0.4 is 0 Å². The van der Waals surface area contributed by atoms with Crippen LogP contribution in [0, 0.1) is 11.3 Å². The van der Waals surface area contributed by atoms with Crippen molar-refractivity contribution >= 4 is 20.0 Å². The normalized spacial score (nSPS) is 17.1. The van der Waals surface area contributed by atoms with E-state index in [-0.39, 0.29) is 23.1 Å². The first kappa shape index (κ1) is 23.5. The summed E-state index contributed by atoms with van der Waals surface area (Å²) in [5, 5.41) is 9.19. The molecule has 1 aliphatic rings. The van der Waals surface area contributed by atoms with Crippen molar-refractivity contribution in [2.75, 3.05) is 31.2 Å². The van der Waals surface area contributed by atoms with Gasteiger partial charge in [0.1, 0.15) is 17.6 Å². The van der Waals surface area contributed by atoms with Crippen molar-refractivity contribution < 1.29 is 26.1 Å². The Bertz CT molecular complexity index is 779. The molecule has 27 heavy (non-hydrogen) atoms. The van der Waals surface area contributed by atoms with Crippen molar-refractivity contribution in [2.24, 2.45) is 0 Å². The molecule has 8 nitrogen and oxygen atoms in total. The molecule has 0 amide bonds. The van der Waals surface area contributed by atoms with Crippen LogP contribution in [0.15, 0.2) is 22.9 Å². The summed E-state index contributed by atoms with van der Waals surface area (Å²) in [6, 6.07) is 1.72. The predicted molar refractivity (Wildman–Crippen MR) is 103 cm³/mol. The molecule has 0 aromatic heterocycles. The van der Waals surface area contributed by atoms with Gasteiger partial charge in [0, 0.05) is 12.6 Å². The lowest BCUT2D eigenvalue weighted by molar-refractivity contribution is 0.237. The van der Waals surface area contributed by atoms with E-state index in [1.54, 1.807) is 11.0 Å². The minimum atomic E-state index is -4.10. The van der Waals surface area contributed by atoms with Gasteiger partial charge in [-0.3, -0.25) is 4.55 Å². The Labute approximate surface area is 162 Å². The number of unbranched alkanes of at least 4 members (excludes halogenated alkanes) is 5. The maximum atomic E-state index is 12.3. The summed E-state index contributed by atoms with van der Waals surface area (Å²) in [6.45, 7) is 2.87. The summed E-state index contributed by atoms with van der Waals surface area (Å²) >= 11 is 0. The number of nitriles is 1. The Balaban J connectivity index is 2.68. The van der Waals surface area contributed by atoms with Crippen molar-refractivity contribution in [1.82, 2.24) is 4.90 Å². The average Bonchev–Trinajstić information content (AvgIpc) is 3.03. The fraction of sp³-hybridized carbons (Fsp3) is 0.706. The van der Waals surface area contributed by atoms with E-state index in [2.05, 4.69) is 6.92 Å². The number of hydrogen-bond acceptors (Lipinski definition) is 7. The molecule has 0 spiro atoms. The second kappa shape index (κ2) is 11.3. The Hall–Kier alpha value is -1.57. The second-order valence-corrected chi connectivity index (χ2v) is 10.0. The van der Waals surface area contributed by atoms with E-state index >= 15 is 0 Å². The molecule has 10 heteroatoms. The van der Waals surface area contributed by atoms with Gasteiger partial charge >= 0.3 is 0 Å². The quantitative estimate of drug-likeness (QED) is 0.289. The van der Waals surface area contributed by atoms with Crippen LogP contribution in [0.1, 0.15) is 45.4 Å². The van der Waals surface area contributed by atoms with E-state index in [0.717, 1.165) is 32.1 Å². The van der Waals surface area contributed by atoms with E-state index in [4.69, 9.17) is 9.29 Å². The Morgan fingerprint density at radius 1 is 1.19 bits per heavy atom. The topological polar surface area (TPSA) is 125 Å². The molecule has 0 atom stereocenters. The fourth-order valence-corrected chi connectivity index (χ4v) is 4.27. The van der Waals surface area contributed by atoms with Gasteiger partial charge in [0.05, 0.1) is 18.1 Å². The minimum Gasteiger partial charge on any atom is -0.477 e. The molecule has 0 aromatic rings. The molecule has 0 aromatic carbocycles. The van der Waals surface area contributed by atoms with Gasteiger partial charge in [-0.1, -0.05) is 39.0 Å². The number of hydrogen-bond donors (Lipinski definition) is 1. The number of sulfone groups is 1. The summed E-state index contributed by atoms with van der Waals surface area (Å²) in [7, 11) is -7.77. The molecular weight excluding hydrogens is 392 g/mol. The predicted octanol–water partition coefficient (Wildman–Crippen LogP) is 2.23. The number of nitrogens with zero attached hydrogens (tertiary/aromatic N) is 2. The monoisotopic (exact) mass is 420 g/mol. The van der Waals surface area contributed by atoms with Crippen molar-refractivity contribution in [2.45, 2.75) is 45.4 Å². The molecule has 1 saturated heterocycles. The third-order valence-electron chi connectivity index (χ3n) is 4.13. The zero-order chi connectivity index (χ0) is 20.3. The van der Waals surface area contributed by atoms with Crippen molar-refractivity contribution in [1.29, 1.82) is 5.26 Å². The van der Waals surface area contributed by atoms with E-state index in [1.165, 1.54) is 12.2 Å². The SMILES string of the molecule is CCCCCCCCS(=O)(=O)/C(C#N)=C\C=C1\OCCN1CCS(=O)(=O)O. The largest absolute Gasteiger partial charge is 0.477 e. The standard InChI is InChI=1S/C17H28N2O6S2/c1-2-3-4-5-6-7-13-26(20,21)16(15-18)8-9-17-19(10-12-25-17)11-14-27(22,23)24/h8-9H,2-7,10-14H2,1H3,(H,22,23,24)/b16-8-,17-9+. The highest BCUT2D eigenvalue weighted by Crippen LogP contribution is 2.17. The van der Waals surface area contributed by atoms with Crippen LogP contribution in [0.3, 0.4) is 0 Å². The van der Waals surface area contributed by atoms with Gasteiger partial charge < -0.3 is 9.64 Å². The van der Waals surface area contributed by atoms with Gasteiger partial charge in [0.2, 0.25) is 0 Å². The smallest absolute Gasteiger partial charge is 0.266 e. The van der Waals surface area contributed by atoms with Crippen LogP contribution >= 0.6 is 0 Å². The van der Waals surface area contributed by atoms with Gasteiger partial charge in [0.15, 0.2) is 15.7 Å². The highest BCUT2D eigenvalue weighted by Gasteiger charge is 2.21. The lowest BCUT2D eigenvalue weighted by Gasteiger charge is -2.15. The lowest BCUT2D eigenvalue weighted by Crippen LogP contribution is -2.25. The van der Waals surface area contributed by atoms with Crippen LogP contribution in [0.2, 0.25) is 0 Å². The van der Waals surface area contributed by atoms with E-state index in [0.29, 0.717) is 19.6 Å². The summed E-state index contributed by atoms with van der Waals surface area (Å²) < 4.78 is 60.5. The van der Waals surface area contributed by atoms with Gasteiger partial charge in [-0.05, 0) is 12.5 Å². The molecule has 0 bridgehead atoms. The zero-order valence-electron chi connectivity index (χ0n) is 15.6. The Morgan fingerprint density at radius 2 is 1.85 bits per heavy atom. The molecule has 1 heterocycles. The van der Waals surface area contributed by atoms with E-state index in [9.17, 15) is 22.1 Å². The van der Waals surface area contributed by atoms with E-state index in [1.807, 2.05) is 0 Å². The zero-order valence-corrected chi connectivity index (χ0v) is 17.3. The first-order valence-corrected chi connectivity index (χ1v) is 12.3.